The van der Waals surface area contributed by atoms with Crippen molar-refractivity contribution in [3.05, 3.63) is 0 Å². The number of phosphoric acid groups is 1. The molecule has 0 aromatic rings. The van der Waals surface area contributed by atoms with Crippen molar-refractivity contribution >= 4 is 7.82 Å². The Morgan fingerprint density at radius 1 is 0.246 bits per heavy atom. The third-order valence-corrected chi connectivity index (χ3v) is 9.99. The van der Waals surface area contributed by atoms with Crippen LogP contribution in [0.25, 0.3) is 0 Å². The molecular formula is C44H91O16P. The second-order valence-corrected chi connectivity index (χ2v) is 15.9. The van der Waals surface area contributed by atoms with Gasteiger partial charge in [0.15, 0.2) is 0 Å². The van der Waals surface area contributed by atoms with Crippen LogP contribution in [0.1, 0.15) is 117 Å². The first-order chi connectivity index (χ1) is 30.1. The summed E-state index contributed by atoms with van der Waals surface area (Å²) in [6.07, 6.45) is 20.8. The Bertz CT molecular complexity index is 787. The van der Waals surface area contributed by atoms with Crippen molar-refractivity contribution in [2.24, 2.45) is 0 Å². The highest BCUT2D eigenvalue weighted by molar-refractivity contribution is 7.47. The Labute approximate surface area is 370 Å². The number of hydrogen-bond acceptors (Lipinski definition) is 15. The third-order valence-electron chi connectivity index (χ3n) is 8.97. The SMILES string of the molecule is CCCCCCCCCCOCCOCCOCCOCCOCCOCCOP(=O)(O)OCCOCCOCCOCCOCCOCCOCCCCCCCCCC. The summed E-state index contributed by atoms with van der Waals surface area (Å²) in [4.78, 5) is 9.78. The molecule has 0 atom stereocenters. The Morgan fingerprint density at radius 2 is 0.410 bits per heavy atom. The molecule has 0 bridgehead atoms. The lowest BCUT2D eigenvalue weighted by atomic mass is 10.1. The number of ether oxygens (including phenoxy) is 12. The van der Waals surface area contributed by atoms with Crippen LogP contribution in [-0.2, 0) is 70.5 Å². The van der Waals surface area contributed by atoms with Crippen molar-refractivity contribution < 1.29 is 75.3 Å². The molecule has 0 unspecified atom stereocenters. The van der Waals surface area contributed by atoms with Gasteiger partial charge < -0.3 is 61.7 Å². The summed E-state index contributed by atoms with van der Waals surface area (Å²) in [7, 11) is -4.19. The maximum absolute atomic E-state index is 12.0. The third kappa shape index (κ3) is 55.7. The monoisotopic (exact) mass is 907 g/mol. The molecule has 1 N–H and O–H groups in total. The first-order valence-corrected chi connectivity index (χ1v) is 25.2. The van der Waals surface area contributed by atoms with E-state index < -0.39 is 7.82 Å². The van der Waals surface area contributed by atoms with E-state index in [0.29, 0.717) is 132 Å². The van der Waals surface area contributed by atoms with E-state index in [4.69, 9.17) is 65.9 Å². The van der Waals surface area contributed by atoms with E-state index in [0.717, 1.165) is 26.1 Å². The molecule has 0 aromatic carbocycles. The van der Waals surface area contributed by atoms with Gasteiger partial charge in [0.05, 0.1) is 159 Å². The summed E-state index contributed by atoms with van der Waals surface area (Å²) in [5.41, 5.74) is 0. The molecule has 16 nitrogen and oxygen atoms in total. The molecule has 61 heavy (non-hydrogen) atoms. The quantitative estimate of drug-likeness (QED) is 0.0468. The smallest absolute Gasteiger partial charge is 0.379 e. The first kappa shape index (κ1) is 60.6. The number of rotatable bonds is 56. The average Bonchev–Trinajstić information content (AvgIpc) is 3.25. The maximum Gasteiger partial charge on any atom is 0.472 e. The standard InChI is InChI=1S/C44H91O16P/c1-3-5-7-9-11-13-15-17-19-47-21-23-49-25-27-51-29-31-53-33-35-55-37-39-57-41-43-59-61(45,46)60-44-42-58-40-38-56-36-34-54-32-30-52-28-26-50-24-22-48-20-18-16-14-12-10-8-6-4-2/h3-44H2,1-2H3,(H,45,46). The van der Waals surface area contributed by atoms with Crippen molar-refractivity contribution in [3.63, 3.8) is 0 Å². The summed E-state index contributed by atoms with van der Waals surface area (Å²) >= 11 is 0. The second kappa shape index (κ2) is 54.0. The van der Waals surface area contributed by atoms with Crippen LogP contribution >= 0.6 is 7.82 Å². The summed E-state index contributed by atoms with van der Waals surface area (Å²) in [5, 5.41) is 0. The molecule has 17 heteroatoms. The van der Waals surface area contributed by atoms with Gasteiger partial charge in [-0.3, -0.25) is 9.05 Å². The van der Waals surface area contributed by atoms with Gasteiger partial charge in [0.25, 0.3) is 0 Å². The van der Waals surface area contributed by atoms with Crippen LogP contribution in [0.4, 0.5) is 0 Å². The highest BCUT2D eigenvalue weighted by Gasteiger charge is 2.20. The van der Waals surface area contributed by atoms with Crippen LogP contribution < -0.4 is 0 Å². The van der Waals surface area contributed by atoms with Gasteiger partial charge in [-0.15, -0.1) is 0 Å². The minimum atomic E-state index is -4.19. The topological polar surface area (TPSA) is 167 Å². The van der Waals surface area contributed by atoms with Crippen molar-refractivity contribution in [1.82, 2.24) is 0 Å². The summed E-state index contributed by atoms with van der Waals surface area (Å²) < 4.78 is 87.7. The van der Waals surface area contributed by atoms with Gasteiger partial charge in [0, 0.05) is 13.2 Å². The highest BCUT2D eigenvalue weighted by Crippen LogP contribution is 2.42. The zero-order valence-electron chi connectivity index (χ0n) is 38.7. The Kier molecular flexibility index (Phi) is 53.6. The summed E-state index contributed by atoms with van der Waals surface area (Å²) in [6, 6.07) is 0. The van der Waals surface area contributed by atoms with Gasteiger partial charge in [0.1, 0.15) is 0 Å². The van der Waals surface area contributed by atoms with Gasteiger partial charge in [0.2, 0.25) is 0 Å². The van der Waals surface area contributed by atoms with Gasteiger partial charge in [-0.05, 0) is 12.8 Å². The number of phosphoric ester groups is 1. The van der Waals surface area contributed by atoms with E-state index in [1.54, 1.807) is 0 Å². The van der Waals surface area contributed by atoms with Crippen LogP contribution in [-0.4, -0.2) is 177 Å². The fourth-order valence-corrected chi connectivity index (χ4v) is 6.22. The van der Waals surface area contributed by atoms with Gasteiger partial charge >= 0.3 is 7.82 Å². The molecule has 0 spiro atoms. The molecular weight excluding hydrogens is 815 g/mol. The van der Waals surface area contributed by atoms with E-state index in [2.05, 4.69) is 13.8 Å². The minimum Gasteiger partial charge on any atom is -0.379 e. The molecule has 0 saturated heterocycles. The van der Waals surface area contributed by atoms with Gasteiger partial charge in [-0.1, -0.05) is 104 Å². The van der Waals surface area contributed by atoms with Crippen LogP contribution in [0.15, 0.2) is 0 Å². The van der Waals surface area contributed by atoms with Gasteiger partial charge in [-0.2, -0.15) is 0 Å². The molecule has 0 aliphatic carbocycles. The molecule has 0 rings (SSSR count). The second-order valence-electron chi connectivity index (χ2n) is 14.4. The van der Waals surface area contributed by atoms with Gasteiger partial charge in [-0.25, -0.2) is 4.57 Å². The predicted molar refractivity (Wildman–Crippen MR) is 237 cm³/mol. The normalized spacial score (nSPS) is 12.0. The lowest BCUT2D eigenvalue weighted by Gasteiger charge is -2.12. The largest absolute Gasteiger partial charge is 0.472 e. The van der Waals surface area contributed by atoms with E-state index in [-0.39, 0.29) is 26.4 Å². The molecule has 0 aliphatic rings. The predicted octanol–water partition coefficient (Wildman–Crippen LogP) is 7.60. The van der Waals surface area contributed by atoms with E-state index >= 15 is 0 Å². The fourth-order valence-electron chi connectivity index (χ4n) is 5.54. The van der Waals surface area contributed by atoms with Crippen LogP contribution in [0.2, 0.25) is 0 Å². The average molecular weight is 907 g/mol. The van der Waals surface area contributed by atoms with Crippen molar-refractivity contribution in [1.29, 1.82) is 0 Å². The van der Waals surface area contributed by atoms with Crippen LogP contribution in [0.3, 0.4) is 0 Å². The molecule has 0 heterocycles. The van der Waals surface area contributed by atoms with Crippen molar-refractivity contribution in [2.75, 3.05) is 172 Å². The summed E-state index contributed by atoms with van der Waals surface area (Å²) in [5.74, 6) is 0. The highest BCUT2D eigenvalue weighted by atomic mass is 31.2. The Balaban J connectivity index is 3.22. The zero-order chi connectivity index (χ0) is 44.1. The molecule has 0 aliphatic heterocycles. The molecule has 0 amide bonds. The van der Waals surface area contributed by atoms with Crippen molar-refractivity contribution in [2.45, 2.75) is 117 Å². The van der Waals surface area contributed by atoms with E-state index in [1.165, 1.54) is 89.9 Å². The minimum absolute atomic E-state index is 0.0955. The Morgan fingerprint density at radius 3 is 0.623 bits per heavy atom. The van der Waals surface area contributed by atoms with Crippen LogP contribution in [0.5, 0.6) is 0 Å². The molecule has 368 valence electrons. The summed E-state index contributed by atoms with van der Waals surface area (Å²) in [6.45, 7) is 15.7. The fraction of sp³-hybridized carbons (Fsp3) is 1.00. The maximum atomic E-state index is 12.0. The zero-order valence-corrected chi connectivity index (χ0v) is 39.6. The Hall–Kier alpha value is -0.370. The van der Waals surface area contributed by atoms with E-state index in [1.807, 2.05) is 0 Å². The van der Waals surface area contributed by atoms with E-state index in [9.17, 15) is 9.46 Å². The first-order valence-electron chi connectivity index (χ1n) is 23.7. The molecule has 0 aromatic heterocycles. The lowest BCUT2D eigenvalue weighted by molar-refractivity contribution is -0.0197. The van der Waals surface area contributed by atoms with Crippen molar-refractivity contribution in [3.8, 4) is 0 Å². The lowest BCUT2D eigenvalue weighted by Crippen LogP contribution is -2.15. The number of unbranched alkanes of at least 4 members (excludes halogenated alkanes) is 14. The molecule has 0 fully saturated rings. The molecule has 0 saturated carbocycles. The molecule has 0 radical (unpaired) electrons. The number of hydrogen-bond donors (Lipinski definition) is 1. The van der Waals surface area contributed by atoms with Crippen LogP contribution in [0, 0.1) is 0 Å².